The lowest BCUT2D eigenvalue weighted by molar-refractivity contribution is -0.505. The molecule has 0 saturated carbocycles. The molecule has 0 N–H and O–H groups in total. The predicted molar refractivity (Wildman–Crippen MR) is 49.1 cm³/mol. The molecule has 0 aromatic rings. The third-order valence-corrected chi connectivity index (χ3v) is 1.85. The van der Waals surface area contributed by atoms with Gasteiger partial charge in [-0.1, -0.05) is 39.1 Å². The molecule has 0 radical (unpaired) electrons. The maximum Gasteiger partial charge on any atom is 0.259 e. The summed E-state index contributed by atoms with van der Waals surface area (Å²) in [6.07, 6.45) is 1.05. The van der Waals surface area contributed by atoms with E-state index in [0.29, 0.717) is 0 Å². The molecular formula is C4H3BrCl3NO2. The zero-order valence-electron chi connectivity index (χ0n) is 5.01. The Balaban J connectivity index is 4.36. The van der Waals surface area contributed by atoms with E-state index < -0.39 is 15.3 Å². The Hall–Kier alpha value is 0.490. The highest BCUT2D eigenvalue weighted by Crippen LogP contribution is 2.18. The third kappa shape index (κ3) is 4.85. The van der Waals surface area contributed by atoms with Crippen LogP contribution in [0.25, 0.3) is 0 Å². The Morgan fingerprint density at radius 1 is 1.64 bits per heavy atom. The van der Waals surface area contributed by atoms with Crippen molar-refractivity contribution in [2.24, 2.45) is 0 Å². The predicted octanol–water partition coefficient (Wildman–Crippen LogP) is 2.91. The van der Waals surface area contributed by atoms with E-state index in [9.17, 15) is 10.1 Å². The van der Waals surface area contributed by atoms with Crippen LogP contribution in [0.4, 0.5) is 0 Å². The molecular weight excluding hydrogens is 280 g/mol. The van der Waals surface area contributed by atoms with Crippen LogP contribution in [0, 0.1) is 10.1 Å². The van der Waals surface area contributed by atoms with Crippen molar-refractivity contribution in [1.29, 1.82) is 0 Å². The number of nitrogens with zero attached hydrogens (tertiary/aromatic N) is 1. The van der Waals surface area contributed by atoms with E-state index in [1.54, 1.807) is 0 Å². The molecule has 0 fully saturated rings. The maximum absolute atomic E-state index is 10.2. The van der Waals surface area contributed by atoms with Gasteiger partial charge >= 0.3 is 0 Å². The van der Waals surface area contributed by atoms with Gasteiger partial charge in [0, 0.05) is 11.0 Å². The summed E-state index contributed by atoms with van der Waals surface area (Å²) in [7, 11) is 0. The molecule has 0 aliphatic rings. The van der Waals surface area contributed by atoms with Gasteiger partial charge in [0.2, 0.25) is 0 Å². The topological polar surface area (TPSA) is 43.1 Å². The number of alkyl halides is 2. The normalized spacial score (nSPS) is 15.3. The van der Waals surface area contributed by atoms with E-state index in [1.165, 1.54) is 0 Å². The van der Waals surface area contributed by atoms with E-state index in [-0.39, 0.29) is 4.49 Å². The number of halogens is 4. The Kier molecular flexibility index (Phi) is 5.42. The Labute approximate surface area is 86.6 Å². The lowest BCUT2D eigenvalue weighted by Gasteiger charge is -2.03. The number of rotatable bonds is 3. The van der Waals surface area contributed by atoms with Gasteiger partial charge in [-0.25, -0.2) is 0 Å². The fourth-order valence-corrected chi connectivity index (χ4v) is 1.12. The largest absolute Gasteiger partial charge is 0.264 e. The van der Waals surface area contributed by atoms with E-state index in [2.05, 4.69) is 15.9 Å². The third-order valence-electron chi connectivity index (χ3n) is 0.798. The minimum atomic E-state index is -1.11. The molecule has 0 aromatic heterocycles. The molecule has 0 bridgehead atoms. The number of hydrogen-bond donors (Lipinski definition) is 0. The molecule has 64 valence electrons. The summed E-state index contributed by atoms with van der Waals surface area (Å²) in [6.45, 7) is 0. The summed E-state index contributed by atoms with van der Waals surface area (Å²) >= 11 is 18.6. The van der Waals surface area contributed by atoms with Gasteiger partial charge in [-0.3, -0.25) is 10.1 Å². The minimum absolute atomic E-state index is 0.170. The summed E-state index contributed by atoms with van der Waals surface area (Å²) in [4.78, 5) is 9.62. The van der Waals surface area contributed by atoms with E-state index in [0.717, 1.165) is 6.08 Å². The lowest BCUT2D eigenvalue weighted by Crippen LogP contribution is -2.23. The van der Waals surface area contributed by atoms with E-state index in [4.69, 9.17) is 34.8 Å². The molecule has 0 rings (SSSR count). The van der Waals surface area contributed by atoms with Gasteiger partial charge in [-0.05, 0) is 0 Å². The summed E-state index contributed by atoms with van der Waals surface area (Å²) in [5.74, 6) is 0. The van der Waals surface area contributed by atoms with Gasteiger partial charge in [0.05, 0.1) is 0 Å². The minimum Gasteiger partial charge on any atom is -0.264 e. The SMILES string of the molecule is O=[N+]([O-])C(C=C(Cl)Cl)C(Cl)Br. The van der Waals surface area contributed by atoms with Crippen molar-refractivity contribution in [2.45, 2.75) is 10.3 Å². The molecule has 0 aliphatic carbocycles. The highest BCUT2D eigenvalue weighted by molar-refractivity contribution is 9.10. The smallest absolute Gasteiger partial charge is 0.259 e. The van der Waals surface area contributed by atoms with Crippen molar-refractivity contribution in [2.75, 3.05) is 0 Å². The molecule has 0 amide bonds. The fraction of sp³-hybridized carbons (Fsp3) is 0.500. The van der Waals surface area contributed by atoms with Crippen molar-refractivity contribution < 1.29 is 4.92 Å². The first-order valence-electron chi connectivity index (χ1n) is 2.39. The van der Waals surface area contributed by atoms with Crippen molar-refractivity contribution >= 4 is 50.7 Å². The highest BCUT2D eigenvalue weighted by Gasteiger charge is 2.25. The Morgan fingerprint density at radius 3 is 2.18 bits per heavy atom. The van der Waals surface area contributed by atoms with Crippen LogP contribution in [0.1, 0.15) is 0 Å². The number of nitro groups is 1. The molecule has 3 nitrogen and oxygen atoms in total. The van der Waals surface area contributed by atoms with Gasteiger partial charge in [0.25, 0.3) is 6.04 Å². The van der Waals surface area contributed by atoms with Gasteiger partial charge in [0.15, 0.2) is 4.29 Å². The van der Waals surface area contributed by atoms with Crippen LogP contribution in [0.15, 0.2) is 10.6 Å². The van der Waals surface area contributed by atoms with Crippen LogP contribution in [-0.4, -0.2) is 15.3 Å². The fourth-order valence-electron chi connectivity index (χ4n) is 0.355. The first-order valence-corrected chi connectivity index (χ1v) is 4.50. The summed E-state index contributed by atoms with van der Waals surface area (Å²) in [5.41, 5.74) is 0. The summed E-state index contributed by atoms with van der Waals surface area (Å²) in [6, 6.07) is -1.11. The van der Waals surface area contributed by atoms with Crippen molar-refractivity contribution in [3.63, 3.8) is 0 Å². The lowest BCUT2D eigenvalue weighted by atomic mass is 10.4. The van der Waals surface area contributed by atoms with E-state index in [1.807, 2.05) is 0 Å². The molecule has 0 aliphatic heterocycles. The molecule has 11 heavy (non-hydrogen) atoms. The first-order chi connectivity index (χ1) is 4.95. The second kappa shape index (κ2) is 5.19. The first kappa shape index (κ1) is 11.5. The van der Waals surface area contributed by atoms with E-state index >= 15 is 0 Å². The van der Waals surface area contributed by atoms with Gasteiger partial charge in [-0.2, -0.15) is 0 Å². The van der Waals surface area contributed by atoms with Crippen LogP contribution < -0.4 is 0 Å². The van der Waals surface area contributed by atoms with Crippen LogP contribution in [0.3, 0.4) is 0 Å². The zero-order chi connectivity index (χ0) is 9.02. The van der Waals surface area contributed by atoms with Crippen LogP contribution in [0.5, 0.6) is 0 Å². The average molecular weight is 283 g/mol. The second-order valence-electron chi connectivity index (χ2n) is 1.57. The molecule has 0 spiro atoms. The Bertz CT molecular complexity index is 180. The summed E-state index contributed by atoms with van der Waals surface area (Å²) < 4.78 is -0.984. The molecule has 0 aromatic carbocycles. The van der Waals surface area contributed by atoms with Crippen molar-refractivity contribution in [3.05, 3.63) is 20.7 Å². The quantitative estimate of drug-likeness (QED) is 0.454. The molecule has 7 heteroatoms. The molecule has 0 saturated heterocycles. The van der Waals surface area contributed by atoms with Crippen LogP contribution in [-0.2, 0) is 0 Å². The Morgan fingerprint density at radius 2 is 2.09 bits per heavy atom. The molecule has 0 heterocycles. The highest BCUT2D eigenvalue weighted by atomic mass is 79.9. The standard InChI is InChI=1S/C4H3BrCl3NO2/c5-4(8)2(9(10)11)1-3(6)7/h1-2,4H. The zero-order valence-corrected chi connectivity index (χ0v) is 8.86. The van der Waals surface area contributed by atoms with Crippen LogP contribution >= 0.6 is 50.7 Å². The summed E-state index contributed by atoms with van der Waals surface area (Å²) in [5, 5.41) is 10.2. The van der Waals surface area contributed by atoms with Crippen molar-refractivity contribution in [3.8, 4) is 0 Å². The second-order valence-corrected chi connectivity index (χ2v) is 4.56. The number of hydrogen-bond acceptors (Lipinski definition) is 2. The molecule has 2 atom stereocenters. The van der Waals surface area contributed by atoms with Gasteiger partial charge in [0.1, 0.15) is 4.49 Å². The monoisotopic (exact) mass is 281 g/mol. The average Bonchev–Trinajstić information content (AvgIpc) is 1.81. The van der Waals surface area contributed by atoms with Crippen molar-refractivity contribution in [1.82, 2.24) is 0 Å². The maximum atomic E-state index is 10.2. The van der Waals surface area contributed by atoms with Crippen LogP contribution in [0.2, 0.25) is 0 Å². The van der Waals surface area contributed by atoms with Gasteiger partial charge < -0.3 is 0 Å². The van der Waals surface area contributed by atoms with Gasteiger partial charge in [-0.15, -0.1) is 11.6 Å². The molecule has 2 unspecified atom stereocenters.